The molecule has 2 nitrogen and oxygen atoms in total. The molecule has 1 aliphatic rings. The van der Waals surface area contributed by atoms with E-state index in [1.807, 2.05) is 31.3 Å². The van der Waals surface area contributed by atoms with Crippen molar-refractivity contribution in [3.8, 4) is 0 Å². The van der Waals surface area contributed by atoms with E-state index in [1.165, 1.54) is 5.56 Å². The molecule has 3 heteroatoms. The first-order valence-corrected chi connectivity index (χ1v) is 7.49. The lowest BCUT2D eigenvalue weighted by molar-refractivity contribution is 0.460. The van der Waals surface area contributed by atoms with Gasteiger partial charge in [0.05, 0.1) is 10.8 Å². The molecule has 2 rings (SSSR count). The molecule has 4 atom stereocenters. The topological polar surface area (TPSA) is 29.1 Å². The maximum atomic E-state index is 12.5. The Morgan fingerprint density at radius 2 is 1.88 bits per heavy atom. The predicted octanol–water partition coefficient (Wildman–Crippen LogP) is 2.49. The average molecular weight is 251 g/mol. The maximum absolute atomic E-state index is 12.5. The molecule has 0 spiro atoms. The number of hydrogen-bond acceptors (Lipinski definition) is 2. The van der Waals surface area contributed by atoms with Crippen LogP contribution in [0.4, 0.5) is 0 Å². The molecular formula is C14H21NOS. The highest BCUT2D eigenvalue weighted by molar-refractivity contribution is 7.85. The first-order chi connectivity index (χ1) is 8.13. The largest absolute Gasteiger partial charge is 0.317 e. The van der Waals surface area contributed by atoms with Gasteiger partial charge in [-0.15, -0.1) is 0 Å². The quantitative estimate of drug-likeness (QED) is 0.894. The highest BCUT2D eigenvalue weighted by atomic mass is 32.2. The third-order valence-corrected chi connectivity index (χ3v) is 5.83. The van der Waals surface area contributed by atoms with E-state index >= 15 is 0 Å². The summed E-state index contributed by atoms with van der Waals surface area (Å²) in [6, 6.07) is 8.62. The van der Waals surface area contributed by atoms with Gasteiger partial charge in [-0.2, -0.15) is 0 Å². The van der Waals surface area contributed by atoms with Crippen molar-refractivity contribution in [1.29, 1.82) is 0 Å². The molecule has 17 heavy (non-hydrogen) atoms. The van der Waals surface area contributed by atoms with Gasteiger partial charge in [0, 0.05) is 16.2 Å². The Morgan fingerprint density at radius 1 is 1.24 bits per heavy atom. The molecule has 1 fully saturated rings. The summed E-state index contributed by atoms with van der Waals surface area (Å²) >= 11 is 0. The lowest BCUT2D eigenvalue weighted by Crippen LogP contribution is -2.32. The number of hydrogen-bond donors (Lipinski definition) is 1. The SMILES string of the molecule is CNC1CCC(S(=O)c2ccc(C)cc2)C1C. The van der Waals surface area contributed by atoms with Gasteiger partial charge in [-0.25, -0.2) is 0 Å². The summed E-state index contributed by atoms with van der Waals surface area (Å²) in [5, 5.41) is 3.63. The fourth-order valence-electron chi connectivity index (χ4n) is 2.69. The Labute approximate surface area is 106 Å². The smallest absolute Gasteiger partial charge is 0.0564 e. The molecule has 1 aromatic carbocycles. The van der Waals surface area contributed by atoms with Gasteiger partial charge in [-0.1, -0.05) is 24.6 Å². The van der Waals surface area contributed by atoms with Crippen LogP contribution in [0.3, 0.4) is 0 Å². The molecule has 0 aromatic heterocycles. The summed E-state index contributed by atoms with van der Waals surface area (Å²) in [4.78, 5) is 0.976. The van der Waals surface area contributed by atoms with E-state index < -0.39 is 10.8 Å². The summed E-state index contributed by atoms with van der Waals surface area (Å²) in [7, 11) is 1.14. The summed E-state index contributed by atoms with van der Waals surface area (Å²) in [6.07, 6.45) is 2.20. The molecule has 1 N–H and O–H groups in total. The molecule has 0 amide bonds. The van der Waals surface area contributed by atoms with Crippen LogP contribution in [-0.4, -0.2) is 22.5 Å². The molecule has 4 unspecified atom stereocenters. The fraction of sp³-hybridized carbons (Fsp3) is 0.571. The van der Waals surface area contributed by atoms with Gasteiger partial charge in [-0.05, 0) is 44.9 Å². The maximum Gasteiger partial charge on any atom is 0.0564 e. The summed E-state index contributed by atoms with van der Waals surface area (Å²) < 4.78 is 12.5. The predicted molar refractivity (Wildman–Crippen MR) is 72.6 cm³/mol. The zero-order valence-corrected chi connectivity index (χ0v) is 11.6. The van der Waals surface area contributed by atoms with E-state index in [1.54, 1.807) is 0 Å². The van der Waals surface area contributed by atoms with Crippen LogP contribution < -0.4 is 5.32 Å². The van der Waals surface area contributed by atoms with E-state index in [0.717, 1.165) is 17.7 Å². The molecule has 1 aromatic rings. The lowest BCUT2D eigenvalue weighted by atomic mass is 10.1. The zero-order chi connectivity index (χ0) is 12.4. The first-order valence-electron chi connectivity index (χ1n) is 6.28. The summed E-state index contributed by atoms with van der Waals surface area (Å²) in [5.41, 5.74) is 1.22. The van der Waals surface area contributed by atoms with Crippen LogP contribution in [0.1, 0.15) is 25.3 Å². The van der Waals surface area contributed by atoms with Gasteiger partial charge in [0.2, 0.25) is 0 Å². The molecule has 1 saturated carbocycles. The van der Waals surface area contributed by atoms with Crippen LogP contribution in [0.5, 0.6) is 0 Å². The number of nitrogens with one attached hydrogen (secondary N) is 1. The van der Waals surface area contributed by atoms with Crippen molar-refractivity contribution in [1.82, 2.24) is 5.32 Å². The van der Waals surface area contributed by atoms with Gasteiger partial charge in [-0.3, -0.25) is 4.21 Å². The van der Waals surface area contributed by atoms with Crippen molar-refractivity contribution in [3.63, 3.8) is 0 Å². The third kappa shape index (κ3) is 2.61. The van der Waals surface area contributed by atoms with Crippen molar-refractivity contribution in [2.75, 3.05) is 7.05 Å². The Bertz CT molecular complexity index is 401. The van der Waals surface area contributed by atoms with Crippen LogP contribution in [0.15, 0.2) is 29.2 Å². The number of rotatable bonds is 3. The van der Waals surface area contributed by atoms with Gasteiger partial charge < -0.3 is 5.32 Å². The molecule has 0 radical (unpaired) electrons. The minimum Gasteiger partial charge on any atom is -0.317 e. The minimum atomic E-state index is -0.859. The normalized spacial score (nSPS) is 30.4. The molecular weight excluding hydrogens is 230 g/mol. The highest BCUT2D eigenvalue weighted by Crippen LogP contribution is 2.32. The summed E-state index contributed by atoms with van der Waals surface area (Å²) in [5.74, 6) is 0.488. The molecule has 1 aliphatic carbocycles. The van der Waals surface area contributed by atoms with Crippen LogP contribution >= 0.6 is 0 Å². The van der Waals surface area contributed by atoms with Crippen molar-refractivity contribution in [2.45, 2.75) is 42.9 Å². The standard InChI is InChI=1S/C14H21NOS/c1-10-4-6-12(7-5-10)17(16)14-9-8-13(15-3)11(14)2/h4-7,11,13-15H,8-9H2,1-3H3. The Balaban J connectivity index is 2.13. The molecule has 0 saturated heterocycles. The minimum absolute atomic E-state index is 0.301. The van der Waals surface area contributed by atoms with Gasteiger partial charge in [0.15, 0.2) is 0 Å². The second-order valence-corrected chi connectivity index (χ2v) is 6.65. The second-order valence-electron chi connectivity index (χ2n) is 4.98. The Hall–Kier alpha value is -0.670. The fourth-order valence-corrected chi connectivity index (χ4v) is 4.37. The van der Waals surface area contributed by atoms with E-state index in [0.29, 0.717) is 17.2 Å². The first kappa shape index (κ1) is 12.8. The van der Waals surface area contributed by atoms with E-state index in [-0.39, 0.29) is 0 Å². The van der Waals surface area contributed by atoms with E-state index in [4.69, 9.17) is 0 Å². The molecule has 94 valence electrons. The monoisotopic (exact) mass is 251 g/mol. The molecule has 0 heterocycles. The van der Waals surface area contributed by atoms with Gasteiger partial charge in [0.1, 0.15) is 0 Å². The van der Waals surface area contributed by atoms with Crippen molar-refractivity contribution < 1.29 is 4.21 Å². The van der Waals surface area contributed by atoms with E-state index in [2.05, 4.69) is 19.2 Å². The lowest BCUT2D eigenvalue weighted by Gasteiger charge is -2.19. The zero-order valence-electron chi connectivity index (χ0n) is 10.8. The van der Waals surface area contributed by atoms with E-state index in [9.17, 15) is 4.21 Å². The van der Waals surface area contributed by atoms with Gasteiger partial charge >= 0.3 is 0 Å². The summed E-state index contributed by atoms with van der Waals surface area (Å²) in [6.45, 7) is 4.27. The highest BCUT2D eigenvalue weighted by Gasteiger charge is 2.35. The van der Waals surface area contributed by atoms with Crippen LogP contribution in [0.25, 0.3) is 0 Å². The average Bonchev–Trinajstić information content (AvgIpc) is 2.70. The van der Waals surface area contributed by atoms with Crippen molar-refractivity contribution >= 4 is 10.8 Å². The van der Waals surface area contributed by atoms with Crippen LogP contribution in [-0.2, 0) is 10.8 Å². The Morgan fingerprint density at radius 3 is 2.41 bits per heavy atom. The van der Waals surface area contributed by atoms with Crippen LogP contribution in [0, 0.1) is 12.8 Å². The van der Waals surface area contributed by atoms with Crippen molar-refractivity contribution in [2.24, 2.45) is 5.92 Å². The second kappa shape index (κ2) is 5.32. The number of benzene rings is 1. The molecule has 0 bridgehead atoms. The number of aryl methyl sites for hydroxylation is 1. The Kier molecular flexibility index (Phi) is 4.00. The van der Waals surface area contributed by atoms with Crippen LogP contribution in [0.2, 0.25) is 0 Å². The van der Waals surface area contributed by atoms with Gasteiger partial charge in [0.25, 0.3) is 0 Å². The third-order valence-electron chi connectivity index (χ3n) is 3.88. The molecule has 0 aliphatic heterocycles. The van der Waals surface area contributed by atoms with Crippen molar-refractivity contribution in [3.05, 3.63) is 29.8 Å².